The van der Waals surface area contributed by atoms with Gasteiger partial charge in [0, 0.05) is 18.9 Å². The Morgan fingerprint density at radius 2 is 1.96 bits per heavy atom. The van der Waals surface area contributed by atoms with Gasteiger partial charge in [0.2, 0.25) is 21.1 Å². The average molecular weight is 352 g/mol. The molecule has 7 nitrogen and oxygen atoms in total. The molecule has 1 fully saturated rings. The highest BCUT2D eigenvalue weighted by atomic mass is 32.2. The van der Waals surface area contributed by atoms with Crippen LogP contribution < -0.4 is 10.0 Å². The van der Waals surface area contributed by atoms with E-state index in [1.165, 1.54) is 23.5 Å². The number of anilines is 1. The van der Waals surface area contributed by atoms with Gasteiger partial charge in [-0.05, 0) is 25.0 Å². The third-order valence-electron chi connectivity index (χ3n) is 3.31. The van der Waals surface area contributed by atoms with Crippen molar-refractivity contribution in [1.82, 2.24) is 14.9 Å². The summed E-state index contributed by atoms with van der Waals surface area (Å²) in [6, 6.07) is 8.04. The standard InChI is InChI=1S/C14H16N4O3S2/c19-12(16-14-18-17-13(22-14)10-6-7-10)8-9-15-23(20,21)11-4-2-1-3-5-11/h1-5,10,15H,6-9H2,(H,16,18,19). The zero-order valence-corrected chi connectivity index (χ0v) is 13.9. The van der Waals surface area contributed by atoms with Gasteiger partial charge in [-0.15, -0.1) is 10.2 Å². The van der Waals surface area contributed by atoms with Gasteiger partial charge >= 0.3 is 0 Å². The molecule has 2 N–H and O–H groups in total. The molecule has 0 atom stereocenters. The van der Waals surface area contributed by atoms with Crippen LogP contribution in [0.3, 0.4) is 0 Å². The van der Waals surface area contributed by atoms with Gasteiger partial charge in [-0.2, -0.15) is 0 Å². The maximum Gasteiger partial charge on any atom is 0.240 e. The summed E-state index contributed by atoms with van der Waals surface area (Å²) in [5.74, 6) is 0.204. The molecule has 1 saturated carbocycles. The molecule has 3 rings (SSSR count). The van der Waals surface area contributed by atoms with Gasteiger partial charge in [-0.25, -0.2) is 13.1 Å². The van der Waals surface area contributed by atoms with Gasteiger partial charge in [-0.3, -0.25) is 4.79 Å². The molecule has 0 aliphatic heterocycles. The van der Waals surface area contributed by atoms with Gasteiger partial charge < -0.3 is 5.32 Å². The van der Waals surface area contributed by atoms with E-state index in [-0.39, 0.29) is 23.8 Å². The Labute approximate surface area is 138 Å². The number of rotatable bonds is 7. The van der Waals surface area contributed by atoms with Gasteiger partial charge in [-0.1, -0.05) is 29.5 Å². The summed E-state index contributed by atoms with van der Waals surface area (Å²) in [4.78, 5) is 12.0. The molecule has 1 amide bonds. The summed E-state index contributed by atoms with van der Waals surface area (Å²) >= 11 is 1.37. The van der Waals surface area contributed by atoms with Crippen molar-refractivity contribution in [2.45, 2.75) is 30.1 Å². The van der Waals surface area contributed by atoms with Crippen molar-refractivity contribution >= 4 is 32.4 Å². The number of nitrogens with zero attached hydrogens (tertiary/aromatic N) is 2. The van der Waals surface area contributed by atoms with Crippen LogP contribution in [-0.4, -0.2) is 31.1 Å². The lowest BCUT2D eigenvalue weighted by Crippen LogP contribution is -2.27. The first-order valence-corrected chi connectivity index (χ1v) is 9.52. The summed E-state index contributed by atoms with van der Waals surface area (Å²) in [6.45, 7) is 0.0251. The molecule has 0 bridgehead atoms. The summed E-state index contributed by atoms with van der Waals surface area (Å²) < 4.78 is 26.4. The monoisotopic (exact) mass is 352 g/mol. The fraction of sp³-hybridized carbons (Fsp3) is 0.357. The average Bonchev–Trinajstić information content (AvgIpc) is 3.28. The number of sulfonamides is 1. The van der Waals surface area contributed by atoms with E-state index in [1.807, 2.05) is 0 Å². The molecule has 122 valence electrons. The maximum absolute atomic E-state index is 12.0. The minimum absolute atomic E-state index is 0.0251. The number of nitrogens with one attached hydrogen (secondary N) is 2. The Morgan fingerprint density at radius 1 is 1.22 bits per heavy atom. The Hall–Kier alpha value is -1.84. The third kappa shape index (κ3) is 4.34. The van der Waals surface area contributed by atoms with Crippen molar-refractivity contribution in [1.29, 1.82) is 0 Å². The third-order valence-corrected chi connectivity index (χ3v) is 5.79. The van der Waals surface area contributed by atoms with E-state index >= 15 is 0 Å². The minimum Gasteiger partial charge on any atom is -0.300 e. The van der Waals surface area contributed by atoms with E-state index in [2.05, 4.69) is 20.2 Å². The highest BCUT2D eigenvalue weighted by Crippen LogP contribution is 2.41. The second-order valence-corrected chi connectivity index (χ2v) is 8.00. The van der Waals surface area contributed by atoms with Crippen LogP contribution >= 0.6 is 11.3 Å². The highest BCUT2D eigenvalue weighted by Gasteiger charge is 2.27. The minimum atomic E-state index is -3.58. The molecule has 0 saturated heterocycles. The molecule has 0 radical (unpaired) electrons. The van der Waals surface area contributed by atoms with Crippen LogP contribution in [0.4, 0.5) is 5.13 Å². The smallest absolute Gasteiger partial charge is 0.240 e. The number of benzene rings is 1. The molecule has 0 spiro atoms. The maximum atomic E-state index is 12.0. The van der Waals surface area contributed by atoms with Crippen molar-refractivity contribution in [3.8, 4) is 0 Å². The van der Waals surface area contributed by atoms with Crippen molar-refractivity contribution in [2.24, 2.45) is 0 Å². The number of hydrogen-bond donors (Lipinski definition) is 2. The first-order chi connectivity index (χ1) is 11.0. The summed E-state index contributed by atoms with van der Waals surface area (Å²) in [5, 5.41) is 12.0. The van der Waals surface area contributed by atoms with Crippen molar-refractivity contribution < 1.29 is 13.2 Å². The Balaban J connectivity index is 1.47. The topological polar surface area (TPSA) is 101 Å². The number of hydrogen-bond acceptors (Lipinski definition) is 6. The normalized spacial score (nSPS) is 14.6. The van der Waals surface area contributed by atoms with Crippen LogP contribution in [0.1, 0.15) is 30.2 Å². The lowest BCUT2D eigenvalue weighted by atomic mass is 10.4. The number of aromatic nitrogens is 2. The quantitative estimate of drug-likeness (QED) is 0.790. The molecule has 1 aliphatic rings. The molecule has 2 aromatic rings. The highest BCUT2D eigenvalue weighted by molar-refractivity contribution is 7.89. The van der Waals surface area contributed by atoms with Gasteiger partial charge in [0.05, 0.1) is 4.90 Å². The van der Waals surface area contributed by atoms with Gasteiger partial charge in [0.25, 0.3) is 0 Å². The van der Waals surface area contributed by atoms with E-state index in [0.717, 1.165) is 17.8 Å². The predicted molar refractivity (Wildman–Crippen MR) is 86.8 cm³/mol. The lowest BCUT2D eigenvalue weighted by Gasteiger charge is -2.06. The summed E-state index contributed by atoms with van der Waals surface area (Å²) in [5.41, 5.74) is 0. The lowest BCUT2D eigenvalue weighted by molar-refractivity contribution is -0.116. The first kappa shape index (κ1) is 16.0. The number of amides is 1. The zero-order valence-electron chi connectivity index (χ0n) is 12.2. The Bertz CT molecular complexity index is 785. The van der Waals surface area contributed by atoms with Crippen LogP contribution in [0.2, 0.25) is 0 Å². The van der Waals surface area contributed by atoms with Crippen molar-refractivity contribution in [2.75, 3.05) is 11.9 Å². The molecule has 1 aromatic heterocycles. The summed E-state index contributed by atoms with van der Waals surface area (Å²) in [7, 11) is -3.58. The van der Waals surface area contributed by atoms with Crippen LogP contribution in [0.15, 0.2) is 35.2 Å². The van der Waals surface area contributed by atoms with Crippen LogP contribution in [0.5, 0.6) is 0 Å². The largest absolute Gasteiger partial charge is 0.300 e. The number of carbonyl (C=O) groups excluding carboxylic acids is 1. The first-order valence-electron chi connectivity index (χ1n) is 7.22. The summed E-state index contributed by atoms with van der Waals surface area (Å²) in [6.07, 6.45) is 2.29. The van der Waals surface area contributed by atoms with Crippen LogP contribution in [-0.2, 0) is 14.8 Å². The number of carbonyl (C=O) groups is 1. The van der Waals surface area contributed by atoms with Gasteiger partial charge in [0.15, 0.2) is 0 Å². The molecule has 9 heteroatoms. The fourth-order valence-corrected chi connectivity index (χ4v) is 3.93. The Morgan fingerprint density at radius 3 is 2.65 bits per heavy atom. The predicted octanol–water partition coefficient (Wildman–Crippen LogP) is 1.72. The van der Waals surface area contributed by atoms with Crippen LogP contribution in [0, 0.1) is 0 Å². The van der Waals surface area contributed by atoms with Crippen LogP contribution in [0.25, 0.3) is 0 Å². The second kappa shape index (κ2) is 6.73. The molecule has 1 heterocycles. The van der Waals surface area contributed by atoms with Gasteiger partial charge in [0.1, 0.15) is 5.01 Å². The molecule has 0 unspecified atom stereocenters. The second-order valence-electron chi connectivity index (χ2n) is 5.23. The fourth-order valence-electron chi connectivity index (χ4n) is 1.94. The molecular weight excluding hydrogens is 336 g/mol. The molecule has 23 heavy (non-hydrogen) atoms. The Kier molecular flexibility index (Phi) is 4.69. The molecule has 1 aromatic carbocycles. The molecular formula is C14H16N4O3S2. The zero-order chi connectivity index (χ0) is 16.3. The van der Waals surface area contributed by atoms with E-state index in [1.54, 1.807) is 18.2 Å². The van der Waals surface area contributed by atoms with E-state index in [9.17, 15) is 13.2 Å². The molecule has 1 aliphatic carbocycles. The van der Waals surface area contributed by atoms with E-state index < -0.39 is 10.0 Å². The van der Waals surface area contributed by atoms with Crippen molar-refractivity contribution in [3.63, 3.8) is 0 Å². The van der Waals surface area contributed by atoms with E-state index in [4.69, 9.17) is 0 Å². The SMILES string of the molecule is O=C(CCNS(=O)(=O)c1ccccc1)Nc1nnc(C2CC2)s1. The van der Waals surface area contributed by atoms with Crippen molar-refractivity contribution in [3.05, 3.63) is 35.3 Å². The van der Waals surface area contributed by atoms with E-state index in [0.29, 0.717) is 11.0 Å².